The van der Waals surface area contributed by atoms with Crippen LogP contribution in [0.5, 0.6) is 5.75 Å². The number of benzene rings is 3. The molecular formula is C34H23N3O. The largest absolute Gasteiger partial charge is 0.485 e. The maximum absolute atomic E-state index is 6.37. The number of allylic oxidation sites excluding steroid dienone is 2. The van der Waals surface area contributed by atoms with Crippen molar-refractivity contribution in [3.63, 3.8) is 0 Å². The number of rotatable bonds is 2. The van der Waals surface area contributed by atoms with Crippen LogP contribution in [0.4, 0.5) is 17.2 Å². The summed E-state index contributed by atoms with van der Waals surface area (Å²) in [4.78, 5) is 12.0. The molecule has 0 fully saturated rings. The van der Waals surface area contributed by atoms with Gasteiger partial charge in [0.05, 0.1) is 22.8 Å². The third kappa shape index (κ3) is 3.24. The highest BCUT2D eigenvalue weighted by atomic mass is 16.5. The highest BCUT2D eigenvalue weighted by molar-refractivity contribution is 6.06. The minimum Gasteiger partial charge on any atom is -0.485 e. The summed E-state index contributed by atoms with van der Waals surface area (Å²) in [6.45, 7) is 0. The van der Waals surface area contributed by atoms with Crippen molar-refractivity contribution in [2.45, 2.75) is 12.0 Å². The summed E-state index contributed by atoms with van der Waals surface area (Å²) in [5.74, 6) is 2.00. The monoisotopic (exact) mass is 489 g/mol. The van der Waals surface area contributed by atoms with Crippen LogP contribution in [0.3, 0.4) is 0 Å². The third-order valence-corrected chi connectivity index (χ3v) is 7.60. The summed E-state index contributed by atoms with van der Waals surface area (Å²) >= 11 is 0. The fourth-order valence-electron chi connectivity index (χ4n) is 5.82. The Labute approximate surface area is 220 Å². The second-order valence-electron chi connectivity index (χ2n) is 9.82. The molecule has 2 atom stereocenters. The van der Waals surface area contributed by atoms with Gasteiger partial charge in [0.15, 0.2) is 0 Å². The van der Waals surface area contributed by atoms with Crippen molar-refractivity contribution in [2.75, 3.05) is 4.90 Å². The van der Waals surface area contributed by atoms with E-state index in [0.717, 1.165) is 45.5 Å². The van der Waals surface area contributed by atoms with Gasteiger partial charge in [-0.25, -0.2) is 4.98 Å². The van der Waals surface area contributed by atoms with Crippen LogP contribution >= 0.6 is 0 Å². The van der Waals surface area contributed by atoms with Crippen molar-refractivity contribution in [3.8, 4) is 17.1 Å². The first-order chi connectivity index (χ1) is 18.8. The van der Waals surface area contributed by atoms with Gasteiger partial charge in [-0.15, -0.1) is 0 Å². The maximum Gasteiger partial charge on any atom is 0.138 e. The average molecular weight is 490 g/mol. The van der Waals surface area contributed by atoms with E-state index < -0.39 is 0 Å². The smallest absolute Gasteiger partial charge is 0.138 e. The lowest BCUT2D eigenvalue weighted by Crippen LogP contribution is -2.16. The maximum atomic E-state index is 6.37. The number of hydrogen-bond acceptors (Lipinski definition) is 4. The molecule has 0 N–H and O–H groups in total. The van der Waals surface area contributed by atoms with Gasteiger partial charge >= 0.3 is 0 Å². The molecule has 180 valence electrons. The summed E-state index contributed by atoms with van der Waals surface area (Å²) in [6, 6.07) is 29.5. The molecule has 0 saturated heterocycles. The minimum absolute atomic E-state index is 0.0391. The van der Waals surface area contributed by atoms with Gasteiger partial charge in [-0.3, -0.25) is 9.88 Å². The predicted octanol–water partition coefficient (Wildman–Crippen LogP) is 8.22. The summed E-state index contributed by atoms with van der Waals surface area (Å²) < 4.78 is 6.37. The Kier molecular flexibility index (Phi) is 4.61. The van der Waals surface area contributed by atoms with E-state index in [2.05, 4.69) is 107 Å². The lowest BCUT2D eigenvalue weighted by molar-refractivity contribution is 0.269. The zero-order valence-corrected chi connectivity index (χ0v) is 20.5. The molecule has 3 aromatic carbocycles. The molecule has 8 rings (SSSR count). The van der Waals surface area contributed by atoms with Gasteiger partial charge in [0.1, 0.15) is 17.7 Å². The Morgan fingerprint density at radius 2 is 1.61 bits per heavy atom. The lowest BCUT2D eigenvalue weighted by Gasteiger charge is -2.28. The van der Waals surface area contributed by atoms with Crippen LogP contribution in [-0.2, 0) is 0 Å². The zero-order chi connectivity index (χ0) is 25.1. The van der Waals surface area contributed by atoms with Gasteiger partial charge in [-0.2, -0.15) is 0 Å². The van der Waals surface area contributed by atoms with E-state index in [9.17, 15) is 0 Å². The molecule has 4 heterocycles. The predicted molar refractivity (Wildman–Crippen MR) is 154 cm³/mol. The van der Waals surface area contributed by atoms with Gasteiger partial charge in [0.25, 0.3) is 0 Å². The second-order valence-corrected chi connectivity index (χ2v) is 9.82. The normalized spacial score (nSPS) is 18.4. The molecule has 38 heavy (non-hydrogen) atoms. The molecule has 0 amide bonds. The molecule has 4 nitrogen and oxygen atoms in total. The first kappa shape index (κ1) is 21.2. The number of fused-ring (bicyclic) bond motifs is 7. The van der Waals surface area contributed by atoms with Crippen LogP contribution in [0.2, 0.25) is 0 Å². The van der Waals surface area contributed by atoms with E-state index in [1.165, 1.54) is 16.3 Å². The van der Waals surface area contributed by atoms with Gasteiger partial charge in [-0.05, 0) is 53.4 Å². The van der Waals surface area contributed by atoms with E-state index in [0.29, 0.717) is 0 Å². The molecule has 0 radical (unpaired) electrons. The highest BCUT2D eigenvalue weighted by Crippen LogP contribution is 2.50. The summed E-state index contributed by atoms with van der Waals surface area (Å²) in [7, 11) is 0. The number of ether oxygens (including phenoxy) is 1. The van der Waals surface area contributed by atoms with Crippen molar-refractivity contribution < 1.29 is 4.74 Å². The zero-order valence-electron chi connectivity index (χ0n) is 20.5. The first-order valence-corrected chi connectivity index (χ1v) is 12.9. The van der Waals surface area contributed by atoms with E-state index in [-0.39, 0.29) is 12.0 Å². The first-order valence-electron chi connectivity index (χ1n) is 12.9. The van der Waals surface area contributed by atoms with Crippen molar-refractivity contribution in [1.29, 1.82) is 0 Å². The van der Waals surface area contributed by atoms with E-state index in [1.54, 1.807) is 0 Å². The van der Waals surface area contributed by atoms with E-state index in [4.69, 9.17) is 9.72 Å². The number of hydrogen-bond donors (Lipinski definition) is 0. The van der Waals surface area contributed by atoms with Crippen molar-refractivity contribution in [3.05, 3.63) is 132 Å². The van der Waals surface area contributed by atoms with Crippen LogP contribution in [0, 0.1) is 0 Å². The molecule has 3 aliphatic rings. The van der Waals surface area contributed by atoms with Crippen LogP contribution in [0.15, 0.2) is 115 Å². The van der Waals surface area contributed by atoms with Crippen molar-refractivity contribution >= 4 is 40.1 Å². The van der Waals surface area contributed by atoms with Gasteiger partial charge in [-0.1, -0.05) is 78.9 Å². The van der Waals surface area contributed by atoms with Crippen molar-refractivity contribution in [2.24, 2.45) is 0 Å². The number of nitrogens with zero attached hydrogens (tertiary/aromatic N) is 3. The molecule has 1 aliphatic carbocycles. The Morgan fingerprint density at radius 1 is 0.737 bits per heavy atom. The average Bonchev–Trinajstić information content (AvgIpc) is 3.25. The van der Waals surface area contributed by atoms with Crippen LogP contribution in [0.25, 0.3) is 34.3 Å². The number of pyridine rings is 2. The van der Waals surface area contributed by atoms with Crippen molar-refractivity contribution in [1.82, 2.24) is 9.97 Å². The van der Waals surface area contributed by atoms with Crippen LogP contribution in [0.1, 0.15) is 22.6 Å². The fourth-order valence-corrected chi connectivity index (χ4v) is 5.82. The fraction of sp³-hybridized carbons (Fsp3) is 0.0588. The minimum atomic E-state index is 0.0391. The molecule has 4 heteroatoms. The Hall–Kier alpha value is -4.96. The molecule has 0 bridgehead atoms. The second kappa shape index (κ2) is 8.29. The third-order valence-electron chi connectivity index (χ3n) is 7.60. The SMILES string of the molecule is C1=CC2Oc3cc4c(cc3C2C=C1)N(c1cccc(-c2ccccn2)n1)c1c(ccc2ccccc12)C=C4. The molecule has 0 spiro atoms. The Morgan fingerprint density at radius 3 is 2.55 bits per heavy atom. The Bertz CT molecular complexity index is 1820. The molecule has 0 saturated carbocycles. The molecule has 5 aromatic rings. The quantitative estimate of drug-likeness (QED) is 0.246. The highest BCUT2D eigenvalue weighted by Gasteiger charge is 2.34. The molecule has 2 aromatic heterocycles. The van der Waals surface area contributed by atoms with Crippen LogP contribution in [-0.4, -0.2) is 16.1 Å². The van der Waals surface area contributed by atoms with Crippen LogP contribution < -0.4 is 9.64 Å². The summed E-state index contributed by atoms with van der Waals surface area (Å²) in [6.07, 6.45) is 14.8. The summed E-state index contributed by atoms with van der Waals surface area (Å²) in [5.41, 5.74) is 7.35. The van der Waals surface area contributed by atoms with Gasteiger partial charge < -0.3 is 4.74 Å². The number of aromatic nitrogens is 2. The standard InChI is InChI=1S/C34H23N3O/c1-2-9-25-22(8-1)15-16-23-17-18-24-20-32-27(26-10-3-4-13-31(26)38-32)21-30(24)37(34(23)25)33-14-7-12-29(36-33)28-11-5-6-19-35-28/h1-21,26,31H. The molecule has 2 aliphatic heterocycles. The lowest BCUT2D eigenvalue weighted by atomic mass is 9.91. The van der Waals surface area contributed by atoms with Gasteiger partial charge in [0, 0.05) is 28.6 Å². The topological polar surface area (TPSA) is 38.2 Å². The van der Waals surface area contributed by atoms with E-state index >= 15 is 0 Å². The summed E-state index contributed by atoms with van der Waals surface area (Å²) in [5, 5.41) is 2.38. The number of anilines is 3. The molecule has 2 unspecified atom stereocenters. The van der Waals surface area contributed by atoms with Gasteiger partial charge in [0.2, 0.25) is 0 Å². The molecular weight excluding hydrogens is 466 g/mol. The van der Waals surface area contributed by atoms with E-state index in [1.807, 2.05) is 30.5 Å². The Balaban J connectivity index is 1.40.